The third-order valence-electron chi connectivity index (χ3n) is 1.58. The fourth-order valence-electron chi connectivity index (χ4n) is 1.06. The molecule has 0 saturated carbocycles. The van der Waals surface area contributed by atoms with Crippen LogP contribution in [-0.4, -0.2) is 17.1 Å². The first-order valence-corrected chi connectivity index (χ1v) is 4.78. The molecule has 0 aromatic carbocycles. The first-order valence-electron chi connectivity index (χ1n) is 3.90. The summed E-state index contributed by atoms with van der Waals surface area (Å²) >= 11 is 1.38. The molecule has 2 amide bonds. The summed E-state index contributed by atoms with van der Waals surface area (Å²) in [4.78, 5) is 21.9. The van der Waals surface area contributed by atoms with E-state index in [0.29, 0.717) is 0 Å². The van der Waals surface area contributed by atoms with Gasteiger partial charge in [0.2, 0.25) is 0 Å². The number of carbonyl (C=O) groups is 2. The highest BCUT2D eigenvalue weighted by Gasteiger charge is 2.17. The fraction of sp³-hybridized carbons (Fsp3) is 0.250. The van der Waals surface area contributed by atoms with E-state index in [0.717, 1.165) is 4.88 Å². The second-order valence-corrected chi connectivity index (χ2v) is 3.65. The molecule has 1 rings (SSSR count). The largest absolute Gasteiger partial charge is 0.481 e. The minimum Gasteiger partial charge on any atom is -0.481 e. The molecule has 5 nitrogen and oxygen atoms in total. The Kier molecular flexibility index (Phi) is 3.47. The van der Waals surface area contributed by atoms with E-state index in [2.05, 4.69) is 5.32 Å². The van der Waals surface area contributed by atoms with Crippen LogP contribution in [0.3, 0.4) is 0 Å². The Bertz CT molecular complexity index is 307. The van der Waals surface area contributed by atoms with Crippen LogP contribution in [0, 0.1) is 0 Å². The second-order valence-electron chi connectivity index (χ2n) is 2.67. The minimum atomic E-state index is -0.975. The van der Waals surface area contributed by atoms with Gasteiger partial charge in [-0.1, -0.05) is 6.07 Å². The number of hydrogen-bond acceptors (Lipinski definition) is 3. The third-order valence-corrected chi connectivity index (χ3v) is 2.57. The molecule has 0 radical (unpaired) electrons. The Balaban J connectivity index is 2.71. The summed E-state index contributed by atoms with van der Waals surface area (Å²) in [5, 5.41) is 12.8. The van der Waals surface area contributed by atoms with E-state index in [-0.39, 0.29) is 6.42 Å². The van der Waals surface area contributed by atoms with E-state index in [9.17, 15) is 9.59 Å². The van der Waals surface area contributed by atoms with Gasteiger partial charge in [0, 0.05) is 4.88 Å². The van der Waals surface area contributed by atoms with Crippen LogP contribution in [0.2, 0.25) is 0 Å². The topological polar surface area (TPSA) is 92.4 Å². The van der Waals surface area contributed by atoms with Crippen molar-refractivity contribution in [2.75, 3.05) is 0 Å². The lowest BCUT2D eigenvalue weighted by atomic mass is 10.2. The average Bonchev–Trinajstić information content (AvgIpc) is 2.52. The molecule has 1 aromatic rings. The van der Waals surface area contributed by atoms with Crippen LogP contribution in [0.5, 0.6) is 0 Å². The van der Waals surface area contributed by atoms with Crippen LogP contribution in [0.15, 0.2) is 17.5 Å². The molecule has 0 spiro atoms. The molecule has 0 aliphatic rings. The van der Waals surface area contributed by atoms with Gasteiger partial charge < -0.3 is 16.2 Å². The van der Waals surface area contributed by atoms with E-state index in [4.69, 9.17) is 10.8 Å². The molecule has 0 bridgehead atoms. The number of nitrogens with two attached hydrogens (primary N) is 1. The number of thiophene rings is 1. The fourth-order valence-corrected chi connectivity index (χ4v) is 1.84. The number of carboxylic acid groups (broad SMARTS) is 1. The lowest BCUT2D eigenvalue weighted by Crippen LogP contribution is -2.33. The predicted octanol–water partition coefficient (Wildman–Crippen LogP) is 0.932. The maximum absolute atomic E-state index is 10.6. The number of primary amides is 1. The summed E-state index contributed by atoms with van der Waals surface area (Å²) in [5.41, 5.74) is 4.94. The first-order chi connectivity index (χ1) is 6.59. The SMILES string of the molecule is NC(=O)N[C@@H](CC(=O)O)c1cccs1. The molecule has 0 saturated heterocycles. The van der Waals surface area contributed by atoms with Crippen molar-refractivity contribution in [3.05, 3.63) is 22.4 Å². The van der Waals surface area contributed by atoms with Gasteiger partial charge in [-0.25, -0.2) is 4.79 Å². The van der Waals surface area contributed by atoms with Crippen LogP contribution in [0.4, 0.5) is 4.79 Å². The first kappa shape index (κ1) is 10.5. The molecule has 14 heavy (non-hydrogen) atoms. The summed E-state index contributed by atoms with van der Waals surface area (Å²) in [5.74, 6) is -0.975. The van der Waals surface area contributed by atoms with Gasteiger partial charge in [0.25, 0.3) is 0 Å². The Morgan fingerprint density at radius 2 is 2.36 bits per heavy atom. The molecular weight excluding hydrogens is 204 g/mol. The zero-order valence-corrected chi connectivity index (χ0v) is 8.08. The maximum atomic E-state index is 10.6. The number of aliphatic carboxylic acids is 1. The third kappa shape index (κ3) is 3.06. The molecule has 76 valence electrons. The summed E-state index contributed by atoms with van der Waals surface area (Å²) in [6.07, 6.45) is -0.163. The van der Waals surface area contributed by atoms with Crippen molar-refractivity contribution in [3.8, 4) is 0 Å². The van der Waals surface area contributed by atoms with Crippen molar-refractivity contribution >= 4 is 23.3 Å². The Morgan fingerprint density at radius 1 is 1.64 bits per heavy atom. The number of amides is 2. The molecular formula is C8H10N2O3S. The van der Waals surface area contributed by atoms with Crippen LogP contribution in [0.1, 0.15) is 17.3 Å². The van der Waals surface area contributed by atoms with Crippen LogP contribution < -0.4 is 11.1 Å². The van der Waals surface area contributed by atoms with Crippen molar-refractivity contribution in [2.24, 2.45) is 5.73 Å². The van der Waals surface area contributed by atoms with Gasteiger partial charge in [-0.2, -0.15) is 0 Å². The number of rotatable bonds is 4. The van der Waals surface area contributed by atoms with Gasteiger partial charge >= 0.3 is 12.0 Å². The number of hydrogen-bond donors (Lipinski definition) is 3. The van der Waals surface area contributed by atoms with E-state index >= 15 is 0 Å². The van der Waals surface area contributed by atoms with E-state index in [1.165, 1.54) is 11.3 Å². The molecule has 1 atom stereocenters. The van der Waals surface area contributed by atoms with Gasteiger partial charge in [-0.05, 0) is 11.4 Å². The normalized spacial score (nSPS) is 12.0. The molecule has 0 aliphatic heterocycles. The number of urea groups is 1. The van der Waals surface area contributed by atoms with Gasteiger partial charge in [0.05, 0.1) is 12.5 Å². The number of nitrogens with one attached hydrogen (secondary N) is 1. The molecule has 0 unspecified atom stereocenters. The Labute approximate surface area is 84.5 Å². The van der Waals surface area contributed by atoms with Gasteiger partial charge in [0.15, 0.2) is 0 Å². The van der Waals surface area contributed by atoms with E-state index < -0.39 is 18.0 Å². The monoisotopic (exact) mass is 214 g/mol. The second kappa shape index (κ2) is 4.61. The Hall–Kier alpha value is -1.56. The minimum absolute atomic E-state index is 0.163. The zero-order valence-electron chi connectivity index (χ0n) is 7.27. The lowest BCUT2D eigenvalue weighted by molar-refractivity contribution is -0.137. The highest BCUT2D eigenvalue weighted by atomic mass is 32.1. The van der Waals surface area contributed by atoms with Crippen molar-refractivity contribution in [1.29, 1.82) is 0 Å². The highest BCUT2D eigenvalue weighted by Crippen LogP contribution is 2.21. The van der Waals surface area contributed by atoms with Crippen molar-refractivity contribution < 1.29 is 14.7 Å². The van der Waals surface area contributed by atoms with Gasteiger partial charge in [-0.3, -0.25) is 4.79 Å². The molecule has 0 aliphatic carbocycles. The quantitative estimate of drug-likeness (QED) is 0.696. The Morgan fingerprint density at radius 3 is 2.79 bits per heavy atom. The number of carbonyl (C=O) groups excluding carboxylic acids is 1. The van der Waals surface area contributed by atoms with Crippen LogP contribution in [-0.2, 0) is 4.79 Å². The number of carboxylic acids is 1. The van der Waals surface area contributed by atoms with Crippen molar-refractivity contribution in [3.63, 3.8) is 0 Å². The summed E-state index contributed by atoms with van der Waals surface area (Å²) in [7, 11) is 0. The summed E-state index contributed by atoms with van der Waals surface area (Å²) < 4.78 is 0. The summed E-state index contributed by atoms with van der Waals surface area (Å²) in [6, 6.07) is 2.29. The standard InChI is InChI=1S/C8H10N2O3S/c9-8(13)10-5(4-7(11)12)6-2-1-3-14-6/h1-3,5H,4H2,(H,11,12)(H3,9,10,13)/t5-/m0/s1. The van der Waals surface area contributed by atoms with Gasteiger partial charge in [0.1, 0.15) is 0 Å². The van der Waals surface area contributed by atoms with Gasteiger partial charge in [-0.15, -0.1) is 11.3 Å². The predicted molar refractivity (Wildman–Crippen MR) is 52.0 cm³/mol. The molecule has 0 fully saturated rings. The molecule has 6 heteroatoms. The zero-order chi connectivity index (χ0) is 10.6. The van der Waals surface area contributed by atoms with Crippen LogP contribution in [0.25, 0.3) is 0 Å². The van der Waals surface area contributed by atoms with Crippen molar-refractivity contribution in [1.82, 2.24) is 5.32 Å². The molecule has 1 heterocycles. The lowest BCUT2D eigenvalue weighted by Gasteiger charge is -2.13. The van der Waals surface area contributed by atoms with E-state index in [1.54, 1.807) is 12.1 Å². The van der Waals surface area contributed by atoms with Crippen molar-refractivity contribution in [2.45, 2.75) is 12.5 Å². The average molecular weight is 214 g/mol. The summed E-state index contributed by atoms with van der Waals surface area (Å²) in [6.45, 7) is 0. The maximum Gasteiger partial charge on any atom is 0.312 e. The highest BCUT2D eigenvalue weighted by molar-refractivity contribution is 7.10. The van der Waals surface area contributed by atoms with E-state index in [1.807, 2.05) is 5.38 Å². The molecule has 1 aromatic heterocycles. The smallest absolute Gasteiger partial charge is 0.312 e. The van der Waals surface area contributed by atoms with Crippen LogP contribution >= 0.6 is 11.3 Å². The molecule has 4 N–H and O–H groups in total.